The molecule has 0 aliphatic heterocycles. The van der Waals surface area contributed by atoms with Crippen LogP contribution in [0.15, 0.2) is 0 Å². The van der Waals surface area contributed by atoms with Gasteiger partial charge in [0.25, 0.3) is 0 Å². The average molecular weight is 201 g/mol. The van der Waals surface area contributed by atoms with E-state index in [1.54, 1.807) is 20.8 Å². The maximum absolute atomic E-state index is 11.5. The molecule has 0 amide bonds. The second-order valence-electron chi connectivity index (χ2n) is 4.21. The summed E-state index contributed by atoms with van der Waals surface area (Å²) in [6.45, 7) is 5.78. The molecule has 0 spiro atoms. The summed E-state index contributed by atoms with van der Waals surface area (Å²) in [6, 6.07) is 0. The first-order valence-corrected chi connectivity index (χ1v) is 4.77. The average Bonchev–Trinajstić information content (AvgIpc) is 2.01. The largest absolute Gasteiger partial charge is 0.460 e. The number of carbonyl (C=O) groups is 2. The fraction of sp³-hybridized carbons (Fsp3) is 0.800. The summed E-state index contributed by atoms with van der Waals surface area (Å²) >= 11 is 0. The highest BCUT2D eigenvalue weighted by Crippen LogP contribution is 2.15. The quantitative estimate of drug-likeness (QED) is 0.529. The maximum Gasteiger partial charge on any atom is 0.309 e. The Balaban J connectivity index is 4.21. The third kappa shape index (κ3) is 5.70. The van der Waals surface area contributed by atoms with Crippen LogP contribution in [0, 0.1) is 5.92 Å². The second-order valence-corrected chi connectivity index (χ2v) is 4.21. The van der Waals surface area contributed by atoms with Crippen molar-refractivity contribution >= 4 is 12.3 Å². The number of hydrogen-bond acceptors (Lipinski definition) is 4. The summed E-state index contributed by atoms with van der Waals surface area (Å²) in [5.41, 5.74) is 4.83. The lowest BCUT2D eigenvalue weighted by atomic mass is 10.0. The van der Waals surface area contributed by atoms with Crippen LogP contribution in [0.3, 0.4) is 0 Å². The molecule has 0 aliphatic carbocycles. The molecular formula is C10H19NO3. The van der Waals surface area contributed by atoms with E-state index in [2.05, 4.69) is 0 Å². The van der Waals surface area contributed by atoms with Crippen molar-refractivity contribution in [3.8, 4) is 0 Å². The Morgan fingerprint density at radius 1 is 1.50 bits per heavy atom. The normalized spacial score (nSPS) is 13.4. The molecule has 0 fully saturated rings. The van der Waals surface area contributed by atoms with Gasteiger partial charge in [0.05, 0.1) is 5.92 Å². The van der Waals surface area contributed by atoms with Gasteiger partial charge < -0.3 is 15.3 Å². The van der Waals surface area contributed by atoms with E-state index >= 15 is 0 Å². The Morgan fingerprint density at radius 2 is 2.07 bits per heavy atom. The molecule has 4 heteroatoms. The van der Waals surface area contributed by atoms with Crippen molar-refractivity contribution in [1.29, 1.82) is 0 Å². The molecule has 1 atom stereocenters. The molecule has 0 rings (SSSR count). The van der Waals surface area contributed by atoms with E-state index in [-0.39, 0.29) is 12.4 Å². The molecule has 4 nitrogen and oxygen atoms in total. The van der Waals surface area contributed by atoms with E-state index in [0.29, 0.717) is 13.0 Å². The first kappa shape index (κ1) is 13.1. The van der Waals surface area contributed by atoms with Crippen LogP contribution < -0.4 is 5.73 Å². The van der Waals surface area contributed by atoms with Crippen molar-refractivity contribution in [1.82, 2.24) is 0 Å². The molecule has 0 saturated carbocycles. The molecule has 14 heavy (non-hydrogen) atoms. The highest BCUT2D eigenvalue weighted by molar-refractivity contribution is 5.75. The molecule has 0 aromatic carbocycles. The summed E-state index contributed by atoms with van der Waals surface area (Å²) in [5, 5.41) is 0. The van der Waals surface area contributed by atoms with Crippen LogP contribution in [0.4, 0.5) is 0 Å². The Kier molecular flexibility index (Phi) is 5.38. The van der Waals surface area contributed by atoms with Gasteiger partial charge in [0.1, 0.15) is 11.9 Å². The molecular weight excluding hydrogens is 182 g/mol. The van der Waals surface area contributed by atoms with Crippen LogP contribution >= 0.6 is 0 Å². The van der Waals surface area contributed by atoms with Crippen LogP contribution in [0.1, 0.15) is 33.6 Å². The van der Waals surface area contributed by atoms with Gasteiger partial charge >= 0.3 is 5.97 Å². The molecule has 0 unspecified atom stereocenters. The molecule has 82 valence electrons. The zero-order chi connectivity index (χ0) is 11.2. The van der Waals surface area contributed by atoms with Gasteiger partial charge in [-0.1, -0.05) is 0 Å². The SMILES string of the molecule is CC(C)(C)OC(=O)[C@H](CC=O)CCN. The molecule has 0 saturated heterocycles. The third-order valence-corrected chi connectivity index (χ3v) is 1.64. The Morgan fingerprint density at radius 3 is 2.43 bits per heavy atom. The minimum atomic E-state index is -0.507. The smallest absolute Gasteiger partial charge is 0.309 e. The summed E-state index contributed by atoms with van der Waals surface area (Å²) in [7, 11) is 0. The van der Waals surface area contributed by atoms with Gasteiger partial charge in [-0.25, -0.2) is 0 Å². The van der Waals surface area contributed by atoms with Gasteiger partial charge in [-0.2, -0.15) is 0 Å². The van der Waals surface area contributed by atoms with Crippen LogP contribution in [0.25, 0.3) is 0 Å². The van der Waals surface area contributed by atoms with Gasteiger partial charge in [-0.3, -0.25) is 4.79 Å². The Hall–Kier alpha value is -0.900. The summed E-state index contributed by atoms with van der Waals surface area (Å²) in [4.78, 5) is 21.8. The van der Waals surface area contributed by atoms with Gasteiger partial charge in [0, 0.05) is 6.42 Å². The highest BCUT2D eigenvalue weighted by Gasteiger charge is 2.23. The van der Waals surface area contributed by atoms with Crippen LogP contribution in [0.5, 0.6) is 0 Å². The second kappa shape index (κ2) is 5.75. The van der Waals surface area contributed by atoms with Crippen molar-refractivity contribution < 1.29 is 14.3 Å². The van der Waals surface area contributed by atoms with Gasteiger partial charge in [0.15, 0.2) is 0 Å². The van der Waals surface area contributed by atoms with Crippen molar-refractivity contribution in [2.75, 3.05) is 6.54 Å². The Bertz CT molecular complexity index is 196. The van der Waals surface area contributed by atoms with Crippen molar-refractivity contribution in [3.05, 3.63) is 0 Å². The first-order valence-electron chi connectivity index (χ1n) is 4.77. The third-order valence-electron chi connectivity index (χ3n) is 1.64. The minimum absolute atomic E-state index is 0.187. The van der Waals surface area contributed by atoms with E-state index in [9.17, 15) is 9.59 Å². The van der Waals surface area contributed by atoms with Crippen molar-refractivity contribution in [2.45, 2.75) is 39.2 Å². The van der Waals surface area contributed by atoms with E-state index in [4.69, 9.17) is 10.5 Å². The van der Waals surface area contributed by atoms with Gasteiger partial charge in [0.2, 0.25) is 0 Å². The standard InChI is InChI=1S/C10H19NO3/c1-10(2,3)14-9(13)8(4-6-11)5-7-12/h7-8H,4-6,11H2,1-3H3/t8-/m0/s1. The van der Waals surface area contributed by atoms with Crippen LogP contribution in [0.2, 0.25) is 0 Å². The van der Waals surface area contributed by atoms with E-state index in [1.807, 2.05) is 0 Å². The number of rotatable bonds is 5. The number of ether oxygens (including phenoxy) is 1. The number of hydrogen-bond donors (Lipinski definition) is 1. The van der Waals surface area contributed by atoms with Gasteiger partial charge in [-0.15, -0.1) is 0 Å². The molecule has 0 aromatic heterocycles. The van der Waals surface area contributed by atoms with Crippen molar-refractivity contribution in [2.24, 2.45) is 11.7 Å². The van der Waals surface area contributed by atoms with Crippen LogP contribution in [-0.4, -0.2) is 24.4 Å². The molecule has 0 aliphatic rings. The maximum atomic E-state index is 11.5. The number of carbonyl (C=O) groups excluding carboxylic acids is 2. The minimum Gasteiger partial charge on any atom is -0.460 e. The molecule has 0 bridgehead atoms. The summed E-state index contributed by atoms with van der Waals surface area (Å²) in [6.07, 6.45) is 1.41. The molecule has 0 heterocycles. The van der Waals surface area contributed by atoms with E-state index < -0.39 is 11.5 Å². The summed E-state index contributed by atoms with van der Waals surface area (Å²) < 4.78 is 5.15. The van der Waals surface area contributed by atoms with E-state index in [1.165, 1.54) is 0 Å². The highest BCUT2D eigenvalue weighted by atomic mass is 16.6. The fourth-order valence-corrected chi connectivity index (χ4v) is 1.03. The number of aldehydes is 1. The first-order chi connectivity index (χ1) is 6.40. The lowest BCUT2D eigenvalue weighted by Gasteiger charge is -2.22. The predicted molar refractivity (Wildman–Crippen MR) is 53.7 cm³/mol. The topological polar surface area (TPSA) is 69.4 Å². The summed E-state index contributed by atoms with van der Waals surface area (Å²) in [5.74, 6) is -0.730. The molecule has 2 N–H and O–H groups in total. The number of esters is 1. The van der Waals surface area contributed by atoms with E-state index in [0.717, 1.165) is 6.29 Å². The zero-order valence-electron chi connectivity index (χ0n) is 9.08. The number of nitrogens with two attached hydrogens (primary N) is 1. The van der Waals surface area contributed by atoms with Crippen molar-refractivity contribution in [3.63, 3.8) is 0 Å². The zero-order valence-corrected chi connectivity index (χ0v) is 9.08. The predicted octanol–water partition coefficient (Wildman–Crippen LogP) is 0.882. The molecule has 0 aromatic rings. The van der Waals surface area contributed by atoms with Crippen LogP contribution in [-0.2, 0) is 14.3 Å². The Labute approximate surface area is 84.8 Å². The monoisotopic (exact) mass is 201 g/mol. The lowest BCUT2D eigenvalue weighted by Crippen LogP contribution is -2.30. The fourth-order valence-electron chi connectivity index (χ4n) is 1.03. The lowest BCUT2D eigenvalue weighted by molar-refractivity contribution is -0.160. The van der Waals surface area contributed by atoms with Gasteiger partial charge in [-0.05, 0) is 33.7 Å². The molecule has 0 radical (unpaired) electrons.